The molecule has 0 amide bonds. The third kappa shape index (κ3) is 13.4. The van der Waals surface area contributed by atoms with Crippen molar-refractivity contribution in [3.63, 3.8) is 0 Å². The molecule has 0 aliphatic heterocycles. The molecule has 0 radical (unpaired) electrons. The molecule has 12 heteroatoms. The van der Waals surface area contributed by atoms with Gasteiger partial charge >= 0.3 is 0 Å². The number of benzene rings is 12. The minimum Gasteiger partial charge on any atom is -0.497 e. The van der Waals surface area contributed by atoms with E-state index in [2.05, 4.69) is 25.1 Å². The normalized spacial score (nSPS) is 11.1. The fourth-order valence-electron chi connectivity index (χ4n) is 10.1. The molecule has 0 aliphatic carbocycles. The van der Waals surface area contributed by atoms with E-state index in [0.29, 0.717) is 79.0 Å². The van der Waals surface area contributed by atoms with Crippen LogP contribution in [0.2, 0.25) is 0 Å². The van der Waals surface area contributed by atoms with Gasteiger partial charge in [0.2, 0.25) is 0 Å². The van der Waals surface area contributed by atoms with E-state index in [1.165, 1.54) is 29.1 Å². The monoisotopic (exact) mass is 1180 g/mol. The molecule has 12 aromatic rings. The van der Waals surface area contributed by atoms with E-state index in [1.807, 2.05) is 117 Å². The minimum atomic E-state index is -4.44. The molecule has 0 heterocycles. The summed E-state index contributed by atoms with van der Waals surface area (Å²) < 4.78 is 56.2. The third-order valence-corrected chi connectivity index (χ3v) is 15.7. The fraction of sp³-hybridized carbons (Fsp3) is 0.0526. The predicted octanol–water partition coefficient (Wildman–Crippen LogP) is 17.8. The van der Waals surface area contributed by atoms with Gasteiger partial charge in [-0.1, -0.05) is 132 Å². The maximum absolute atomic E-state index is 13.3. The van der Waals surface area contributed by atoms with Crippen LogP contribution in [0.25, 0.3) is 32.7 Å². The summed E-state index contributed by atoms with van der Waals surface area (Å²) in [4.78, 5) is 52.1. The molecule has 11 nitrogen and oxygen atoms in total. The van der Waals surface area contributed by atoms with Gasteiger partial charge < -0.3 is 18.9 Å². The highest BCUT2D eigenvalue weighted by Crippen LogP contribution is 2.38. The van der Waals surface area contributed by atoms with Crippen molar-refractivity contribution in [2.45, 2.75) is 25.7 Å². The van der Waals surface area contributed by atoms with E-state index >= 15 is 0 Å². The zero-order valence-electron chi connectivity index (χ0n) is 48.3. The van der Waals surface area contributed by atoms with E-state index in [1.54, 1.807) is 122 Å². The Bertz CT molecular complexity index is 4710. The summed E-state index contributed by atoms with van der Waals surface area (Å²) in [6.07, 6.45) is 0. The fourth-order valence-corrected chi connectivity index (χ4v) is 10.7. The summed E-state index contributed by atoms with van der Waals surface area (Å²) in [6.45, 7) is 5.94. The number of carbonyl (C=O) groups is 4. The summed E-state index contributed by atoms with van der Waals surface area (Å²) in [5.74, 6) is 3.95. The van der Waals surface area contributed by atoms with Crippen molar-refractivity contribution in [3.05, 3.63) is 322 Å². The molecular formula is C76H56O11S. The second kappa shape index (κ2) is 25.7. The quantitative estimate of drug-likeness (QED) is 0.0683. The lowest BCUT2D eigenvalue weighted by atomic mass is 9.91. The van der Waals surface area contributed by atoms with Gasteiger partial charge in [-0.25, -0.2) is 0 Å². The Morgan fingerprint density at radius 2 is 0.784 bits per heavy atom. The molecule has 0 bridgehead atoms. The molecule has 0 saturated heterocycles. The van der Waals surface area contributed by atoms with Crippen LogP contribution in [-0.4, -0.2) is 43.2 Å². The SMILES string of the molecule is COc1ccc(C(=O)c2ccc(-c3ccc(C)cc3C(=O)c3cccc(S(=O)(=O)O)c3)cc2)cc1.Cc1ccc(C(=O)c2ccc(Oc3cccc4c(Oc5ccc(C(=O)c6ccc(Oc7ccc8c(C)cccc8c7)cc6)cc5)cccc34)cc2)cc1. The molecule has 0 unspecified atom stereocenters. The standard InChI is InChI=1S/C48H34O5.C28H22O6S/c1-31-12-14-33(15-13-31)47(49)35-18-24-39(25-19-35)52-45-10-4-9-44-43(45)8-5-11-46(44)53-40-26-20-36(21-27-40)48(50)34-16-22-38(23-17-34)51-41-28-29-42-32(2)6-3-7-37(42)30-41;1-18-6-15-25(26(16-18)28(30)22-4-3-5-24(17-22)35(31,32)33)19-7-9-20(10-8-19)27(29)21-11-13-23(34-2)14-12-21/h3-30H,1-2H3;3-17H,1-2H3,(H,31,32,33). The first kappa shape index (κ1) is 58.7. The molecule has 0 aromatic heterocycles. The first-order chi connectivity index (χ1) is 42.5. The zero-order chi connectivity index (χ0) is 61.5. The average Bonchev–Trinajstić information content (AvgIpc) is 1.73. The van der Waals surface area contributed by atoms with Crippen molar-refractivity contribution in [3.8, 4) is 51.4 Å². The van der Waals surface area contributed by atoms with E-state index in [-0.39, 0.29) is 33.6 Å². The van der Waals surface area contributed by atoms with E-state index in [4.69, 9.17) is 18.9 Å². The molecule has 0 fully saturated rings. The molecule has 0 saturated carbocycles. The van der Waals surface area contributed by atoms with Gasteiger partial charge in [-0.15, -0.1) is 0 Å². The minimum absolute atomic E-state index is 0.0340. The van der Waals surface area contributed by atoms with E-state index < -0.39 is 10.1 Å². The van der Waals surface area contributed by atoms with Gasteiger partial charge in [-0.2, -0.15) is 8.42 Å². The van der Waals surface area contributed by atoms with Gasteiger partial charge in [0.05, 0.1) is 12.0 Å². The summed E-state index contributed by atoms with van der Waals surface area (Å²) in [5, 5.41) is 4.06. The van der Waals surface area contributed by atoms with Crippen molar-refractivity contribution in [2.75, 3.05) is 7.11 Å². The maximum Gasteiger partial charge on any atom is 0.294 e. The Hall–Kier alpha value is -11.1. The van der Waals surface area contributed by atoms with Crippen molar-refractivity contribution in [2.24, 2.45) is 0 Å². The molecule has 0 aliphatic rings. The lowest BCUT2D eigenvalue weighted by Gasteiger charge is -2.13. The van der Waals surface area contributed by atoms with Crippen LogP contribution in [0.5, 0.6) is 40.2 Å². The lowest BCUT2D eigenvalue weighted by molar-refractivity contribution is 0.103. The van der Waals surface area contributed by atoms with Crippen LogP contribution in [0, 0.1) is 20.8 Å². The largest absolute Gasteiger partial charge is 0.497 e. The zero-order valence-corrected chi connectivity index (χ0v) is 49.1. The first-order valence-corrected chi connectivity index (χ1v) is 29.5. The molecular weight excluding hydrogens is 1120 g/mol. The second-order valence-electron chi connectivity index (χ2n) is 21.0. The number of rotatable bonds is 17. The summed E-state index contributed by atoms with van der Waals surface area (Å²) in [6, 6.07) is 77.4. The Kier molecular flexibility index (Phi) is 17.1. The van der Waals surface area contributed by atoms with Gasteiger partial charge in [0.15, 0.2) is 23.1 Å². The highest BCUT2D eigenvalue weighted by molar-refractivity contribution is 7.85. The van der Waals surface area contributed by atoms with Gasteiger partial charge in [-0.3, -0.25) is 23.7 Å². The van der Waals surface area contributed by atoms with Gasteiger partial charge in [0, 0.05) is 55.3 Å². The Morgan fingerprint density at radius 3 is 1.28 bits per heavy atom. The molecule has 0 spiro atoms. The molecule has 12 rings (SSSR count). The van der Waals surface area contributed by atoms with E-state index in [0.717, 1.165) is 44.7 Å². The van der Waals surface area contributed by atoms with E-state index in [9.17, 15) is 32.1 Å². The second-order valence-corrected chi connectivity index (χ2v) is 22.4. The number of hydrogen-bond donors (Lipinski definition) is 1. The van der Waals surface area contributed by atoms with Crippen LogP contribution in [0.15, 0.2) is 266 Å². The number of ketones is 4. The lowest BCUT2D eigenvalue weighted by Crippen LogP contribution is -2.07. The Labute approximate surface area is 509 Å². The smallest absolute Gasteiger partial charge is 0.294 e. The molecule has 12 aromatic carbocycles. The highest BCUT2D eigenvalue weighted by Gasteiger charge is 2.20. The van der Waals surface area contributed by atoms with Crippen molar-refractivity contribution in [1.29, 1.82) is 0 Å². The van der Waals surface area contributed by atoms with Crippen LogP contribution in [0.1, 0.15) is 80.4 Å². The summed E-state index contributed by atoms with van der Waals surface area (Å²) in [7, 11) is -2.88. The van der Waals surface area contributed by atoms with Crippen LogP contribution in [-0.2, 0) is 10.1 Å². The van der Waals surface area contributed by atoms with Crippen LogP contribution < -0.4 is 18.9 Å². The number of ether oxygens (including phenoxy) is 4. The first-order valence-electron chi connectivity index (χ1n) is 28.1. The maximum atomic E-state index is 13.3. The highest BCUT2D eigenvalue weighted by atomic mass is 32.2. The summed E-state index contributed by atoms with van der Waals surface area (Å²) in [5.41, 5.74) is 8.46. The van der Waals surface area contributed by atoms with Gasteiger partial charge in [0.1, 0.15) is 40.2 Å². The summed E-state index contributed by atoms with van der Waals surface area (Å²) >= 11 is 0. The molecule has 88 heavy (non-hydrogen) atoms. The van der Waals surface area contributed by atoms with Crippen LogP contribution in [0.4, 0.5) is 0 Å². The predicted molar refractivity (Wildman–Crippen MR) is 343 cm³/mol. The van der Waals surface area contributed by atoms with Crippen LogP contribution in [0.3, 0.4) is 0 Å². The molecule has 0 atom stereocenters. The number of fused-ring (bicyclic) bond motifs is 2. The molecule has 432 valence electrons. The van der Waals surface area contributed by atoms with Gasteiger partial charge in [-0.05, 0) is 188 Å². The molecule has 1 N–H and O–H groups in total. The third-order valence-electron chi connectivity index (χ3n) is 14.9. The Balaban J connectivity index is 0.000000199. The van der Waals surface area contributed by atoms with Crippen LogP contribution >= 0.6 is 0 Å². The Morgan fingerprint density at radius 1 is 0.352 bits per heavy atom. The average molecular weight is 1180 g/mol. The van der Waals surface area contributed by atoms with Crippen molar-refractivity contribution >= 4 is 54.8 Å². The van der Waals surface area contributed by atoms with Crippen molar-refractivity contribution in [1.82, 2.24) is 0 Å². The number of methoxy groups -OCH3 is 1. The topological polar surface area (TPSA) is 160 Å². The number of carbonyl (C=O) groups excluding carboxylic acids is 4. The van der Waals surface area contributed by atoms with Gasteiger partial charge in [0.25, 0.3) is 10.1 Å². The number of aryl methyl sites for hydroxylation is 3. The van der Waals surface area contributed by atoms with Crippen molar-refractivity contribution < 1.29 is 51.1 Å². The number of hydrogen-bond acceptors (Lipinski definition) is 10.